The van der Waals surface area contributed by atoms with E-state index >= 15 is 0 Å². The molecule has 2 rings (SSSR count). The van der Waals surface area contributed by atoms with Crippen LogP contribution in [0.4, 0.5) is 0 Å². The largest absolute Gasteiger partial charge is 0.490 e. The highest BCUT2D eigenvalue weighted by Gasteiger charge is 2.05. The highest BCUT2D eigenvalue weighted by Crippen LogP contribution is 2.30. The molecule has 0 N–H and O–H groups in total. The number of rotatable bonds is 5. The van der Waals surface area contributed by atoms with Crippen LogP contribution in [0.1, 0.15) is 19.4 Å². The van der Waals surface area contributed by atoms with Gasteiger partial charge in [-0.25, -0.2) is 0 Å². The third-order valence-corrected chi connectivity index (χ3v) is 3.13. The van der Waals surface area contributed by atoms with E-state index in [0.29, 0.717) is 6.61 Å². The minimum atomic E-state index is 0.160. The molecule has 0 aliphatic heterocycles. The van der Waals surface area contributed by atoms with Crippen molar-refractivity contribution < 1.29 is 9.47 Å². The van der Waals surface area contributed by atoms with Crippen LogP contribution < -0.4 is 9.47 Å². The van der Waals surface area contributed by atoms with E-state index in [-0.39, 0.29) is 6.10 Å². The second kappa shape index (κ2) is 6.62. The molecule has 0 heterocycles. The number of halogens is 1. The Morgan fingerprint density at radius 3 is 2.42 bits per heavy atom. The normalized spacial score (nSPS) is 10.5. The molecule has 2 nitrogen and oxygen atoms in total. The molecule has 0 atom stereocenters. The van der Waals surface area contributed by atoms with Crippen LogP contribution in [0, 0.1) is 0 Å². The predicted molar refractivity (Wildman–Crippen MR) is 80.7 cm³/mol. The summed E-state index contributed by atoms with van der Waals surface area (Å²) >= 11 is 3.50. The Kier molecular flexibility index (Phi) is 4.86. The van der Waals surface area contributed by atoms with Crippen molar-refractivity contribution in [2.75, 3.05) is 0 Å². The number of ether oxygens (including phenoxy) is 2. The van der Waals surface area contributed by atoms with Crippen molar-refractivity contribution in [3.05, 3.63) is 58.6 Å². The summed E-state index contributed by atoms with van der Waals surface area (Å²) < 4.78 is 12.3. The number of hydrogen-bond donors (Lipinski definition) is 0. The molecule has 0 amide bonds. The number of benzene rings is 2. The quantitative estimate of drug-likeness (QED) is 0.786. The molecular weight excluding hydrogens is 304 g/mol. The number of hydrogen-bond acceptors (Lipinski definition) is 2. The van der Waals surface area contributed by atoms with Crippen molar-refractivity contribution in [3.63, 3.8) is 0 Å². The van der Waals surface area contributed by atoms with Crippen LogP contribution >= 0.6 is 15.9 Å². The highest BCUT2D eigenvalue weighted by atomic mass is 79.9. The first-order valence-electron chi connectivity index (χ1n) is 6.28. The lowest BCUT2D eigenvalue weighted by atomic mass is 10.2. The fourth-order valence-electron chi connectivity index (χ4n) is 1.66. The summed E-state index contributed by atoms with van der Waals surface area (Å²) in [7, 11) is 0. The molecule has 2 aromatic carbocycles. The van der Waals surface area contributed by atoms with Gasteiger partial charge < -0.3 is 9.47 Å². The third-order valence-electron chi connectivity index (χ3n) is 2.51. The van der Waals surface area contributed by atoms with E-state index in [9.17, 15) is 0 Å². The van der Waals surface area contributed by atoms with Crippen LogP contribution in [0.3, 0.4) is 0 Å². The van der Waals surface area contributed by atoms with E-state index in [2.05, 4.69) is 15.9 Å². The SMILES string of the molecule is CC(C)Oc1ccc(OCc2ccccc2)cc1Br. The third kappa shape index (κ3) is 4.28. The summed E-state index contributed by atoms with van der Waals surface area (Å²) in [6.45, 7) is 4.58. The van der Waals surface area contributed by atoms with Gasteiger partial charge in [0.25, 0.3) is 0 Å². The lowest BCUT2D eigenvalue weighted by Gasteiger charge is -2.13. The zero-order chi connectivity index (χ0) is 13.7. The molecule has 0 unspecified atom stereocenters. The fourth-order valence-corrected chi connectivity index (χ4v) is 2.11. The maximum Gasteiger partial charge on any atom is 0.134 e. The van der Waals surface area contributed by atoms with Crippen molar-refractivity contribution in [2.45, 2.75) is 26.6 Å². The molecule has 0 aromatic heterocycles. The molecule has 0 radical (unpaired) electrons. The van der Waals surface area contributed by atoms with Crippen molar-refractivity contribution in [2.24, 2.45) is 0 Å². The van der Waals surface area contributed by atoms with Crippen LogP contribution in [0.15, 0.2) is 53.0 Å². The average Bonchev–Trinajstić information content (AvgIpc) is 2.40. The van der Waals surface area contributed by atoms with Gasteiger partial charge in [-0.1, -0.05) is 30.3 Å². The summed E-state index contributed by atoms with van der Waals surface area (Å²) in [4.78, 5) is 0. The molecule has 0 fully saturated rings. The van der Waals surface area contributed by atoms with Gasteiger partial charge in [-0.05, 0) is 53.5 Å². The zero-order valence-electron chi connectivity index (χ0n) is 11.1. The molecule has 3 heteroatoms. The minimum absolute atomic E-state index is 0.160. The standard InChI is InChI=1S/C16H17BrO2/c1-12(2)19-16-9-8-14(10-15(16)17)18-11-13-6-4-3-5-7-13/h3-10,12H,11H2,1-2H3. The van der Waals surface area contributed by atoms with Crippen molar-refractivity contribution in [3.8, 4) is 11.5 Å². The van der Waals surface area contributed by atoms with Crippen molar-refractivity contribution in [1.82, 2.24) is 0 Å². The Bertz CT molecular complexity index is 524. The second-order valence-electron chi connectivity index (χ2n) is 4.53. The van der Waals surface area contributed by atoms with E-state index in [1.54, 1.807) is 0 Å². The Morgan fingerprint density at radius 2 is 1.79 bits per heavy atom. The van der Waals surface area contributed by atoms with Gasteiger partial charge in [0, 0.05) is 0 Å². The van der Waals surface area contributed by atoms with Gasteiger partial charge in [-0.3, -0.25) is 0 Å². The average molecular weight is 321 g/mol. The van der Waals surface area contributed by atoms with Gasteiger partial charge >= 0.3 is 0 Å². The highest BCUT2D eigenvalue weighted by molar-refractivity contribution is 9.10. The first kappa shape index (κ1) is 13.9. The smallest absolute Gasteiger partial charge is 0.134 e. The summed E-state index contributed by atoms with van der Waals surface area (Å²) in [6, 6.07) is 15.9. The van der Waals surface area contributed by atoms with E-state index in [0.717, 1.165) is 21.5 Å². The summed E-state index contributed by atoms with van der Waals surface area (Å²) in [5, 5.41) is 0. The van der Waals surface area contributed by atoms with Gasteiger partial charge in [-0.2, -0.15) is 0 Å². The van der Waals surface area contributed by atoms with E-state index < -0.39 is 0 Å². The summed E-state index contributed by atoms with van der Waals surface area (Å²) in [5.41, 5.74) is 1.15. The molecule has 0 saturated carbocycles. The van der Waals surface area contributed by atoms with Crippen LogP contribution in [0.5, 0.6) is 11.5 Å². The maximum atomic E-state index is 5.75. The topological polar surface area (TPSA) is 18.5 Å². The monoisotopic (exact) mass is 320 g/mol. The lowest BCUT2D eigenvalue weighted by Crippen LogP contribution is -2.06. The van der Waals surface area contributed by atoms with E-state index in [1.807, 2.05) is 62.4 Å². The Morgan fingerprint density at radius 1 is 1.05 bits per heavy atom. The van der Waals surface area contributed by atoms with Crippen molar-refractivity contribution in [1.29, 1.82) is 0 Å². The first-order chi connectivity index (χ1) is 9.15. The molecule has 0 aliphatic rings. The molecule has 19 heavy (non-hydrogen) atoms. The molecule has 0 saturated heterocycles. The van der Waals surface area contributed by atoms with E-state index in [1.165, 1.54) is 0 Å². The van der Waals surface area contributed by atoms with E-state index in [4.69, 9.17) is 9.47 Å². The molecule has 100 valence electrons. The molecule has 0 spiro atoms. The Hall–Kier alpha value is -1.48. The fraction of sp³-hybridized carbons (Fsp3) is 0.250. The van der Waals surface area contributed by atoms with Gasteiger partial charge in [0.15, 0.2) is 0 Å². The van der Waals surface area contributed by atoms with Gasteiger partial charge in [0.05, 0.1) is 10.6 Å². The van der Waals surface area contributed by atoms with Crippen molar-refractivity contribution >= 4 is 15.9 Å². The zero-order valence-corrected chi connectivity index (χ0v) is 12.7. The lowest BCUT2D eigenvalue weighted by molar-refractivity contribution is 0.240. The molecule has 0 bridgehead atoms. The predicted octanol–water partition coefficient (Wildman–Crippen LogP) is 4.82. The Balaban J connectivity index is 2.00. The van der Waals surface area contributed by atoms with Crippen LogP contribution in [0.2, 0.25) is 0 Å². The van der Waals surface area contributed by atoms with Gasteiger partial charge in [0.2, 0.25) is 0 Å². The van der Waals surface area contributed by atoms with Gasteiger partial charge in [0.1, 0.15) is 18.1 Å². The maximum absolute atomic E-state index is 5.75. The molecule has 2 aromatic rings. The molecule has 0 aliphatic carbocycles. The summed E-state index contributed by atoms with van der Waals surface area (Å²) in [6.07, 6.45) is 0.160. The van der Waals surface area contributed by atoms with Crippen LogP contribution in [0.25, 0.3) is 0 Å². The van der Waals surface area contributed by atoms with Gasteiger partial charge in [-0.15, -0.1) is 0 Å². The second-order valence-corrected chi connectivity index (χ2v) is 5.39. The van der Waals surface area contributed by atoms with Crippen LogP contribution in [-0.4, -0.2) is 6.10 Å². The molecular formula is C16H17BrO2. The summed E-state index contributed by atoms with van der Waals surface area (Å²) in [5.74, 6) is 1.66. The first-order valence-corrected chi connectivity index (χ1v) is 7.07. The van der Waals surface area contributed by atoms with Crippen LogP contribution in [-0.2, 0) is 6.61 Å². The minimum Gasteiger partial charge on any atom is -0.490 e. The Labute approximate surface area is 122 Å².